The monoisotopic (exact) mass is 727 g/mol. The molecule has 8 nitrogen and oxygen atoms in total. The van der Waals surface area contributed by atoms with Crippen LogP contribution in [0.15, 0.2) is 142 Å². The molecule has 54 heavy (non-hydrogen) atoms. The molecule has 2 amide bonds. The number of esters is 1. The minimum absolute atomic E-state index is 0.167. The van der Waals surface area contributed by atoms with Gasteiger partial charge in [0.25, 0.3) is 5.56 Å². The van der Waals surface area contributed by atoms with Gasteiger partial charge in [0.15, 0.2) is 4.80 Å². The minimum atomic E-state index is -1.16. The molecule has 1 aromatic heterocycles. The van der Waals surface area contributed by atoms with Crippen molar-refractivity contribution >= 4 is 51.7 Å². The van der Waals surface area contributed by atoms with Gasteiger partial charge in [-0.05, 0) is 70.6 Å². The number of fused-ring (bicyclic) bond motifs is 2. The highest BCUT2D eigenvalue weighted by atomic mass is 32.1. The van der Waals surface area contributed by atoms with Crippen LogP contribution in [0.1, 0.15) is 53.6 Å². The zero-order chi connectivity index (χ0) is 36.9. The van der Waals surface area contributed by atoms with Crippen molar-refractivity contribution in [2.75, 3.05) is 11.5 Å². The first-order valence-electron chi connectivity index (χ1n) is 18.1. The molecule has 0 spiro atoms. The Morgan fingerprint density at radius 2 is 1.43 bits per heavy atom. The van der Waals surface area contributed by atoms with E-state index in [2.05, 4.69) is 12.1 Å². The number of ether oxygens (including phenoxy) is 1. The summed E-state index contributed by atoms with van der Waals surface area (Å²) in [5.74, 6) is -2.87. The second kappa shape index (κ2) is 11.9. The molecule has 6 aromatic rings. The van der Waals surface area contributed by atoms with E-state index in [0.717, 1.165) is 38.6 Å². The van der Waals surface area contributed by atoms with Crippen LogP contribution in [0.5, 0.6) is 0 Å². The van der Waals surface area contributed by atoms with Crippen LogP contribution in [0.2, 0.25) is 0 Å². The SMILES string of the molecule is CCOC(=O)C1=C(C)N=c2s/c(=C/C34c5ccccc5C(c5ccccc53)[C@@H]3C(=O)N(c5ccccc5)C(=O)[C@H]34)c(=O)n2[C@H]1c1cccc2ccccc12. The molecule has 0 saturated carbocycles. The maximum absolute atomic E-state index is 15.2. The number of thiazole rings is 1. The summed E-state index contributed by atoms with van der Waals surface area (Å²) in [5.41, 5.74) is 4.36. The fourth-order valence-electron chi connectivity index (χ4n) is 9.69. The normalized spacial score (nSPS) is 23.9. The van der Waals surface area contributed by atoms with Crippen LogP contribution < -0.4 is 19.8 Å². The fourth-order valence-corrected chi connectivity index (χ4v) is 10.8. The van der Waals surface area contributed by atoms with Crippen LogP contribution in [-0.4, -0.2) is 29.0 Å². The molecule has 3 aliphatic carbocycles. The predicted molar refractivity (Wildman–Crippen MR) is 207 cm³/mol. The Hall–Kier alpha value is -6.19. The number of para-hydroxylation sites is 1. The van der Waals surface area contributed by atoms with Crippen molar-refractivity contribution in [1.82, 2.24) is 4.57 Å². The van der Waals surface area contributed by atoms with Gasteiger partial charge in [-0.15, -0.1) is 0 Å². The fraction of sp³-hybridized carbons (Fsp3) is 0.178. The summed E-state index contributed by atoms with van der Waals surface area (Å²) in [4.78, 5) is 65.2. The Bertz CT molecular complexity index is 2780. The lowest BCUT2D eigenvalue weighted by Crippen LogP contribution is -2.53. The number of hydrogen-bond acceptors (Lipinski definition) is 7. The molecule has 11 rings (SSSR count). The number of aromatic nitrogens is 1. The number of imide groups is 1. The average Bonchev–Trinajstić information content (AvgIpc) is 3.65. The van der Waals surface area contributed by atoms with Gasteiger partial charge in [0.05, 0.1) is 51.4 Å². The Morgan fingerprint density at radius 1 is 0.796 bits per heavy atom. The molecule has 3 heterocycles. The molecule has 0 N–H and O–H groups in total. The lowest BCUT2D eigenvalue weighted by Gasteiger charge is -2.53. The Morgan fingerprint density at radius 3 is 2.15 bits per heavy atom. The lowest BCUT2D eigenvalue weighted by atomic mass is 9.47. The van der Waals surface area contributed by atoms with Crippen LogP contribution in [0.4, 0.5) is 5.69 Å². The topological polar surface area (TPSA) is 98.0 Å². The number of benzene rings is 5. The number of hydrogen-bond donors (Lipinski definition) is 0. The molecule has 264 valence electrons. The van der Waals surface area contributed by atoms with Gasteiger partial charge in [0.1, 0.15) is 0 Å². The van der Waals surface area contributed by atoms with Gasteiger partial charge in [-0.3, -0.25) is 19.0 Å². The number of allylic oxidation sites excluding steroid dienone is 1. The summed E-state index contributed by atoms with van der Waals surface area (Å²) in [6.07, 6.45) is 1.94. The van der Waals surface area contributed by atoms with Gasteiger partial charge in [-0.25, -0.2) is 14.7 Å². The maximum atomic E-state index is 15.2. The lowest BCUT2D eigenvalue weighted by molar-refractivity contribution is -0.139. The van der Waals surface area contributed by atoms with Crippen molar-refractivity contribution in [3.05, 3.63) is 180 Å². The number of carbonyl (C=O) groups excluding carboxylic acids is 3. The van der Waals surface area contributed by atoms with Crippen molar-refractivity contribution in [3.63, 3.8) is 0 Å². The van der Waals surface area contributed by atoms with Crippen LogP contribution in [0.3, 0.4) is 0 Å². The molecule has 2 aliphatic heterocycles. The molecule has 1 fully saturated rings. The van der Waals surface area contributed by atoms with Crippen LogP contribution >= 0.6 is 11.3 Å². The third-order valence-corrected chi connectivity index (χ3v) is 12.7. The van der Waals surface area contributed by atoms with E-state index in [9.17, 15) is 14.4 Å². The third-order valence-electron chi connectivity index (χ3n) is 11.7. The van der Waals surface area contributed by atoms with E-state index < -0.39 is 29.3 Å². The number of anilines is 1. The van der Waals surface area contributed by atoms with E-state index in [1.54, 1.807) is 30.5 Å². The van der Waals surface area contributed by atoms with Crippen molar-refractivity contribution in [1.29, 1.82) is 0 Å². The molecule has 0 unspecified atom stereocenters. The van der Waals surface area contributed by atoms with E-state index in [4.69, 9.17) is 9.73 Å². The highest BCUT2D eigenvalue weighted by Crippen LogP contribution is 2.65. The van der Waals surface area contributed by atoms with E-state index >= 15 is 4.79 Å². The minimum Gasteiger partial charge on any atom is -0.463 e. The molecular formula is C45H33N3O5S. The second-order valence-corrected chi connectivity index (χ2v) is 15.3. The smallest absolute Gasteiger partial charge is 0.338 e. The van der Waals surface area contributed by atoms with E-state index in [1.807, 2.05) is 103 Å². The first-order chi connectivity index (χ1) is 26.3. The standard InChI is InChI=1S/C45H33N3O5S/c1-3-53-43(52)35-25(2)46-44-48(39(35)29-21-13-15-26-14-7-8-18-28(26)29)40(49)34(54-44)24-45-32-22-11-9-19-30(32)36(31-20-10-12-23-33(31)45)37-38(45)42(51)47(41(37)50)27-16-5-4-6-17-27/h4-24,36-39H,3H2,1-2H3/b34-24+/t36?,37-,38-,39-,45?/m0/s1. The number of amides is 2. The van der Waals surface area contributed by atoms with Crippen LogP contribution in [0, 0.1) is 11.8 Å². The van der Waals surface area contributed by atoms with Crippen molar-refractivity contribution < 1.29 is 19.1 Å². The maximum Gasteiger partial charge on any atom is 0.338 e. The number of nitrogens with zero attached hydrogens (tertiary/aromatic N) is 3. The highest BCUT2D eigenvalue weighted by Gasteiger charge is 2.67. The van der Waals surface area contributed by atoms with Crippen LogP contribution in [0.25, 0.3) is 16.8 Å². The summed E-state index contributed by atoms with van der Waals surface area (Å²) in [5, 5.41) is 1.88. The summed E-state index contributed by atoms with van der Waals surface area (Å²) in [6, 6.07) is 38.1. The summed E-state index contributed by atoms with van der Waals surface area (Å²) in [6.45, 7) is 3.70. The zero-order valence-corrected chi connectivity index (χ0v) is 30.2. The molecule has 5 aromatic carbocycles. The Labute approximate surface area is 314 Å². The van der Waals surface area contributed by atoms with Crippen LogP contribution in [-0.2, 0) is 24.5 Å². The van der Waals surface area contributed by atoms with E-state index in [1.165, 1.54) is 16.2 Å². The summed E-state index contributed by atoms with van der Waals surface area (Å²) in [7, 11) is 0. The molecular weight excluding hydrogens is 695 g/mol. The first-order valence-corrected chi connectivity index (χ1v) is 19.0. The molecule has 5 aliphatic rings. The molecule has 2 bridgehead atoms. The highest BCUT2D eigenvalue weighted by molar-refractivity contribution is 7.07. The third kappa shape index (κ3) is 4.27. The first kappa shape index (κ1) is 32.5. The van der Waals surface area contributed by atoms with Gasteiger partial charge < -0.3 is 4.74 Å². The quantitative estimate of drug-likeness (QED) is 0.157. The largest absolute Gasteiger partial charge is 0.463 e. The van der Waals surface area contributed by atoms with Gasteiger partial charge in [0, 0.05) is 5.92 Å². The molecule has 9 heteroatoms. The van der Waals surface area contributed by atoms with Crippen molar-refractivity contribution in [2.24, 2.45) is 16.8 Å². The summed E-state index contributed by atoms with van der Waals surface area (Å²) >= 11 is 1.24. The number of rotatable bonds is 5. The van der Waals surface area contributed by atoms with Gasteiger partial charge in [-0.2, -0.15) is 0 Å². The van der Waals surface area contributed by atoms with Gasteiger partial charge in [-0.1, -0.05) is 121 Å². The Kier molecular flexibility index (Phi) is 7.16. The van der Waals surface area contributed by atoms with Gasteiger partial charge >= 0.3 is 5.97 Å². The van der Waals surface area contributed by atoms with Gasteiger partial charge in [0.2, 0.25) is 11.8 Å². The summed E-state index contributed by atoms with van der Waals surface area (Å²) < 4.78 is 7.56. The number of carbonyl (C=O) groups is 3. The predicted octanol–water partition coefficient (Wildman–Crippen LogP) is 6.15. The molecule has 1 saturated heterocycles. The van der Waals surface area contributed by atoms with E-state index in [0.29, 0.717) is 26.3 Å². The molecule has 3 atom stereocenters. The average molecular weight is 728 g/mol. The second-order valence-electron chi connectivity index (χ2n) is 14.2. The van der Waals surface area contributed by atoms with Crippen molar-refractivity contribution in [3.8, 4) is 0 Å². The zero-order valence-electron chi connectivity index (χ0n) is 29.4. The Balaban J connectivity index is 1.27. The van der Waals surface area contributed by atoms with Crippen molar-refractivity contribution in [2.45, 2.75) is 31.2 Å². The molecule has 0 radical (unpaired) electrons. The van der Waals surface area contributed by atoms with E-state index in [-0.39, 0.29) is 29.9 Å².